The molecule has 2 heterocycles. The number of ether oxygens (including phenoxy) is 1. The van der Waals surface area contributed by atoms with Gasteiger partial charge in [0.2, 0.25) is 0 Å². The molecule has 2 amide bonds. The predicted molar refractivity (Wildman–Crippen MR) is 108 cm³/mol. The molecule has 2 aliphatic rings. The van der Waals surface area contributed by atoms with Crippen molar-refractivity contribution in [3.8, 4) is 5.75 Å². The van der Waals surface area contributed by atoms with Gasteiger partial charge in [-0.15, -0.1) is 0 Å². The van der Waals surface area contributed by atoms with E-state index in [9.17, 15) is 4.79 Å². The number of hydrogen-bond acceptors (Lipinski definition) is 4. The Kier molecular flexibility index (Phi) is 6.60. The topological polar surface area (TPSA) is 48.0 Å². The molecule has 0 saturated carbocycles. The number of hydrogen-bond donors (Lipinski definition) is 1. The van der Waals surface area contributed by atoms with Crippen LogP contribution in [0.1, 0.15) is 27.2 Å². The Morgan fingerprint density at radius 2 is 1.85 bits per heavy atom. The molecule has 2 fully saturated rings. The van der Waals surface area contributed by atoms with E-state index in [1.165, 1.54) is 0 Å². The van der Waals surface area contributed by atoms with E-state index in [0.717, 1.165) is 51.4 Å². The lowest BCUT2D eigenvalue weighted by molar-refractivity contribution is 0.0547. The monoisotopic (exact) mass is 374 g/mol. The Labute approximate surface area is 163 Å². The molecule has 1 atom stereocenters. The van der Waals surface area contributed by atoms with Gasteiger partial charge in [0, 0.05) is 51.2 Å². The second kappa shape index (κ2) is 8.93. The van der Waals surface area contributed by atoms with Gasteiger partial charge in [0.15, 0.2) is 0 Å². The molecule has 150 valence electrons. The summed E-state index contributed by atoms with van der Waals surface area (Å²) in [6, 6.07) is 9.86. The number of nitrogens with zero attached hydrogens (tertiary/aromatic N) is 3. The Bertz CT molecular complexity index is 599. The third-order valence-corrected chi connectivity index (χ3v) is 5.83. The van der Waals surface area contributed by atoms with Gasteiger partial charge in [-0.2, -0.15) is 0 Å². The first-order valence-electron chi connectivity index (χ1n) is 10.2. The lowest BCUT2D eigenvalue weighted by Gasteiger charge is -2.44. The molecule has 27 heavy (non-hydrogen) atoms. The molecule has 2 aliphatic heterocycles. The largest absolute Gasteiger partial charge is 0.489 e. The van der Waals surface area contributed by atoms with Crippen molar-refractivity contribution in [3.05, 3.63) is 30.3 Å². The van der Waals surface area contributed by atoms with Crippen LogP contribution in [0, 0.1) is 0 Å². The summed E-state index contributed by atoms with van der Waals surface area (Å²) in [5, 5.41) is 3.15. The molecule has 1 N–H and O–H groups in total. The molecular weight excluding hydrogens is 340 g/mol. The summed E-state index contributed by atoms with van der Waals surface area (Å²) in [5.74, 6) is 0.872. The second-order valence-electron chi connectivity index (χ2n) is 8.18. The van der Waals surface area contributed by atoms with Crippen LogP contribution < -0.4 is 10.1 Å². The third-order valence-electron chi connectivity index (χ3n) is 5.83. The number of benzene rings is 1. The first-order valence-corrected chi connectivity index (χ1v) is 10.2. The standard InChI is InChI=1S/C21H34N4O2/c1-4-23-12-14-25(15-13-23)21(2,3)17-22-20(26)24-11-10-19(16-24)27-18-8-6-5-7-9-18/h5-9,19H,4,10-17H2,1-3H3,(H,22,26)/t19-/m1/s1. The minimum absolute atomic E-state index is 0.0226. The van der Waals surface area contributed by atoms with E-state index in [2.05, 4.69) is 35.9 Å². The number of likely N-dealkylation sites (tertiary alicyclic amines) is 1. The van der Waals surface area contributed by atoms with Crippen LogP contribution in [0.25, 0.3) is 0 Å². The second-order valence-corrected chi connectivity index (χ2v) is 8.18. The van der Waals surface area contributed by atoms with Crippen molar-refractivity contribution in [3.63, 3.8) is 0 Å². The molecule has 0 unspecified atom stereocenters. The Balaban J connectivity index is 1.42. The van der Waals surface area contributed by atoms with Crippen LogP contribution in [0.2, 0.25) is 0 Å². The van der Waals surface area contributed by atoms with E-state index >= 15 is 0 Å². The average molecular weight is 375 g/mol. The van der Waals surface area contributed by atoms with Gasteiger partial charge in [0.05, 0.1) is 6.54 Å². The minimum atomic E-state index is -0.0326. The zero-order valence-corrected chi connectivity index (χ0v) is 17.0. The zero-order valence-electron chi connectivity index (χ0n) is 17.0. The molecule has 0 aromatic heterocycles. The highest BCUT2D eigenvalue weighted by Crippen LogP contribution is 2.19. The number of piperazine rings is 1. The summed E-state index contributed by atoms with van der Waals surface area (Å²) >= 11 is 0. The molecule has 1 aromatic rings. The van der Waals surface area contributed by atoms with Gasteiger partial charge in [0.1, 0.15) is 11.9 Å². The van der Waals surface area contributed by atoms with Crippen LogP contribution in [-0.2, 0) is 0 Å². The van der Waals surface area contributed by atoms with Crippen molar-refractivity contribution >= 4 is 6.03 Å². The smallest absolute Gasteiger partial charge is 0.317 e. The molecule has 0 radical (unpaired) electrons. The van der Waals surface area contributed by atoms with Crippen LogP contribution in [0.4, 0.5) is 4.79 Å². The summed E-state index contributed by atoms with van der Waals surface area (Å²) < 4.78 is 5.98. The van der Waals surface area contributed by atoms with E-state index in [0.29, 0.717) is 13.1 Å². The minimum Gasteiger partial charge on any atom is -0.489 e. The summed E-state index contributed by atoms with van der Waals surface area (Å²) in [7, 11) is 0. The van der Waals surface area contributed by atoms with E-state index in [1.54, 1.807) is 0 Å². The molecule has 3 rings (SSSR count). The fourth-order valence-electron chi connectivity index (χ4n) is 3.89. The van der Waals surface area contributed by atoms with Crippen molar-refractivity contribution in [2.45, 2.75) is 38.8 Å². The van der Waals surface area contributed by atoms with Gasteiger partial charge < -0.3 is 19.9 Å². The van der Waals surface area contributed by atoms with Gasteiger partial charge in [-0.05, 0) is 32.5 Å². The summed E-state index contributed by atoms with van der Waals surface area (Å²) in [6.45, 7) is 14.2. The number of amides is 2. The fraction of sp³-hybridized carbons (Fsp3) is 0.667. The highest BCUT2D eigenvalue weighted by atomic mass is 16.5. The van der Waals surface area contributed by atoms with Crippen LogP contribution in [0.3, 0.4) is 0 Å². The molecule has 0 bridgehead atoms. The molecule has 6 nitrogen and oxygen atoms in total. The maximum Gasteiger partial charge on any atom is 0.317 e. The maximum absolute atomic E-state index is 12.6. The van der Waals surface area contributed by atoms with Crippen LogP contribution in [0.15, 0.2) is 30.3 Å². The number of likely N-dealkylation sites (N-methyl/N-ethyl adjacent to an activating group) is 1. The van der Waals surface area contributed by atoms with Gasteiger partial charge in [-0.1, -0.05) is 25.1 Å². The molecule has 0 spiro atoms. The Morgan fingerprint density at radius 3 is 2.52 bits per heavy atom. The number of para-hydroxylation sites is 1. The first-order chi connectivity index (χ1) is 13.0. The zero-order chi connectivity index (χ0) is 19.3. The Morgan fingerprint density at radius 1 is 1.15 bits per heavy atom. The van der Waals surface area contributed by atoms with Gasteiger partial charge >= 0.3 is 6.03 Å². The van der Waals surface area contributed by atoms with Crippen LogP contribution in [0.5, 0.6) is 5.75 Å². The van der Waals surface area contributed by atoms with Gasteiger partial charge in [-0.25, -0.2) is 4.79 Å². The van der Waals surface area contributed by atoms with Gasteiger partial charge in [-0.3, -0.25) is 4.90 Å². The number of carbonyl (C=O) groups is 1. The number of urea groups is 1. The number of rotatable bonds is 6. The number of carbonyl (C=O) groups excluding carboxylic acids is 1. The molecule has 2 saturated heterocycles. The van der Waals surface area contributed by atoms with Crippen molar-refractivity contribution in [1.82, 2.24) is 20.0 Å². The van der Waals surface area contributed by atoms with Crippen molar-refractivity contribution in [2.24, 2.45) is 0 Å². The third kappa shape index (κ3) is 5.36. The highest BCUT2D eigenvalue weighted by molar-refractivity contribution is 5.74. The maximum atomic E-state index is 12.6. The molecule has 6 heteroatoms. The summed E-state index contributed by atoms with van der Waals surface area (Å²) in [5.41, 5.74) is -0.0326. The van der Waals surface area contributed by atoms with Crippen molar-refractivity contribution < 1.29 is 9.53 Å². The SMILES string of the molecule is CCN1CCN(C(C)(C)CNC(=O)N2CC[C@@H](Oc3ccccc3)C2)CC1. The average Bonchev–Trinajstić information content (AvgIpc) is 3.15. The molecular formula is C21H34N4O2. The quantitative estimate of drug-likeness (QED) is 0.830. The highest BCUT2D eigenvalue weighted by Gasteiger charge is 2.32. The predicted octanol–water partition coefficient (Wildman–Crippen LogP) is 2.27. The van der Waals surface area contributed by atoms with E-state index < -0.39 is 0 Å². The van der Waals surface area contributed by atoms with E-state index in [-0.39, 0.29) is 17.7 Å². The normalized spacial score (nSPS) is 22.0. The molecule has 0 aliphatic carbocycles. The van der Waals surface area contributed by atoms with Crippen LogP contribution in [-0.4, -0.2) is 84.7 Å². The van der Waals surface area contributed by atoms with Gasteiger partial charge in [0.25, 0.3) is 0 Å². The lowest BCUT2D eigenvalue weighted by Crippen LogP contribution is -2.59. The van der Waals surface area contributed by atoms with Crippen LogP contribution >= 0.6 is 0 Å². The first kappa shape index (κ1) is 20.0. The van der Waals surface area contributed by atoms with E-state index in [4.69, 9.17) is 4.74 Å². The Hall–Kier alpha value is -1.79. The summed E-state index contributed by atoms with van der Waals surface area (Å²) in [4.78, 5) is 19.4. The van der Waals surface area contributed by atoms with E-state index in [1.807, 2.05) is 35.2 Å². The summed E-state index contributed by atoms with van der Waals surface area (Å²) in [6.07, 6.45) is 0.957. The van der Waals surface area contributed by atoms with Crippen molar-refractivity contribution in [2.75, 3.05) is 52.4 Å². The molecule has 1 aromatic carbocycles. The fourth-order valence-corrected chi connectivity index (χ4v) is 3.89. The number of nitrogens with one attached hydrogen (secondary N) is 1. The van der Waals surface area contributed by atoms with Crippen molar-refractivity contribution in [1.29, 1.82) is 0 Å². The lowest BCUT2D eigenvalue weighted by atomic mass is 10.0.